The lowest BCUT2D eigenvalue weighted by Crippen LogP contribution is -2.52. The van der Waals surface area contributed by atoms with Crippen LogP contribution in [0.2, 0.25) is 0 Å². The topological polar surface area (TPSA) is 90.0 Å². The number of phenolic OH excluding ortho intramolecular Hbond substituents is 1. The normalized spacial score (nSPS) is 21.9. The lowest BCUT2D eigenvalue weighted by molar-refractivity contribution is -0.136. The van der Waals surface area contributed by atoms with Crippen LogP contribution in [0, 0.1) is 5.82 Å². The molecule has 0 saturated carbocycles. The Hall–Kier alpha value is -3.26. The second-order valence-electron chi connectivity index (χ2n) is 9.14. The molecule has 0 aromatic heterocycles. The van der Waals surface area contributed by atoms with Crippen LogP contribution in [0.5, 0.6) is 5.75 Å². The molecule has 2 fully saturated rings. The Kier molecular flexibility index (Phi) is 5.62. The van der Waals surface area contributed by atoms with Gasteiger partial charge in [-0.3, -0.25) is 24.6 Å². The number of hydrogen-bond donors (Lipinski definition) is 2. The molecular formula is C25H26FN3O4. The smallest absolute Gasteiger partial charge is 0.255 e. The van der Waals surface area contributed by atoms with E-state index in [0.29, 0.717) is 5.56 Å². The number of benzene rings is 2. The number of likely N-dealkylation sites (tertiary alicyclic amines) is 1. The minimum Gasteiger partial charge on any atom is -0.508 e. The molecule has 2 aromatic carbocycles. The number of hydrogen-bond acceptors (Lipinski definition) is 5. The van der Waals surface area contributed by atoms with E-state index in [2.05, 4.69) is 10.2 Å². The summed E-state index contributed by atoms with van der Waals surface area (Å²) >= 11 is 0. The highest BCUT2D eigenvalue weighted by atomic mass is 19.1. The van der Waals surface area contributed by atoms with Gasteiger partial charge in [-0.25, -0.2) is 4.39 Å². The molecule has 3 amide bonds. The molecule has 0 radical (unpaired) electrons. The van der Waals surface area contributed by atoms with Crippen LogP contribution in [0.1, 0.15) is 58.6 Å². The Balaban J connectivity index is 1.31. The first-order valence-corrected chi connectivity index (χ1v) is 11.4. The third kappa shape index (κ3) is 4.23. The number of rotatable bonds is 4. The lowest BCUT2D eigenvalue weighted by atomic mass is 9.85. The molecule has 172 valence electrons. The summed E-state index contributed by atoms with van der Waals surface area (Å²) in [5, 5.41) is 11.8. The number of amides is 3. The van der Waals surface area contributed by atoms with Crippen LogP contribution >= 0.6 is 0 Å². The van der Waals surface area contributed by atoms with Gasteiger partial charge in [0.15, 0.2) is 0 Å². The summed E-state index contributed by atoms with van der Waals surface area (Å²) < 4.78 is 14.5. The molecule has 1 atom stereocenters. The highest BCUT2D eigenvalue weighted by Crippen LogP contribution is 2.38. The van der Waals surface area contributed by atoms with Gasteiger partial charge >= 0.3 is 0 Å². The molecule has 2 saturated heterocycles. The van der Waals surface area contributed by atoms with E-state index in [1.165, 1.54) is 11.0 Å². The number of aromatic hydroxyl groups is 1. The van der Waals surface area contributed by atoms with Crippen LogP contribution in [0.4, 0.5) is 4.39 Å². The summed E-state index contributed by atoms with van der Waals surface area (Å²) in [5.41, 5.74) is 3.13. The van der Waals surface area contributed by atoms with Gasteiger partial charge in [0.2, 0.25) is 11.8 Å². The number of phenols is 1. The molecule has 3 aliphatic rings. The predicted molar refractivity (Wildman–Crippen MR) is 118 cm³/mol. The molecule has 2 N–H and O–H groups in total. The van der Waals surface area contributed by atoms with Crippen LogP contribution in [0.3, 0.4) is 0 Å². The van der Waals surface area contributed by atoms with Gasteiger partial charge in [0.25, 0.3) is 5.91 Å². The maximum atomic E-state index is 14.5. The van der Waals surface area contributed by atoms with E-state index in [1.807, 2.05) is 12.1 Å². The van der Waals surface area contributed by atoms with Crippen molar-refractivity contribution in [3.05, 3.63) is 64.5 Å². The van der Waals surface area contributed by atoms with Gasteiger partial charge in [0.05, 0.1) is 0 Å². The van der Waals surface area contributed by atoms with Gasteiger partial charge in [-0.1, -0.05) is 12.1 Å². The number of carbonyl (C=O) groups excluding carboxylic acids is 3. The summed E-state index contributed by atoms with van der Waals surface area (Å²) in [6, 6.07) is 9.30. The fourth-order valence-electron chi connectivity index (χ4n) is 5.28. The minimum atomic E-state index is -0.703. The third-order valence-corrected chi connectivity index (χ3v) is 7.03. The molecular weight excluding hydrogens is 425 g/mol. The van der Waals surface area contributed by atoms with Gasteiger partial charge in [-0.15, -0.1) is 0 Å². The largest absolute Gasteiger partial charge is 0.508 e. The van der Waals surface area contributed by atoms with E-state index in [1.54, 1.807) is 18.2 Å². The van der Waals surface area contributed by atoms with Crippen molar-refractivity contribution in [2.45, 2.75) is 50.7 Å². The van der Waals surface area contributed by atoms with Crippen LogP contribution in [0.25, 0.3) is 0 Å². The molecule has 0 aliphatic carbocycles. The standard InChI is InChI=1S/C25H26FN3O4/c26-17-11-19(16-7-9-28(10-8-16)13-15-1-3-18(30)4-2-15)21-14-29(25(33)20(21)12-17)22-5-6-23(31)27-24(22)32/h1-4,11-12,16,22,30H,5-10,13-14H2,(H,27,31,32). The molecule has 0 spiro atoms. The lowest BCUT2D eigenvalue weighted by Gasteiger charge is -2.33. The number of carbonyl (C=O) groups is 3. The summed E-state index contributed by atoms with van der Waals surface area (Å²) in [7, 11) is 0. The second kappa shape index (κ2) is 8.59. The molecule has 5 rings (SSSR count). The van der Waals surface area contributed by atoms with E-state index < -0.39 is 17.8 Å². The maximum absolute atomic E-state index is 14.5. The van der Waals surface area contributed by atoms with Crippen molar-refractivity contribution in [3.8, 4) is 5.75 Å². The van der Waals surface area contributed by atoms with E-state index in [-0.39, 0.29) is 42.9 Å². The molecule has 2 aromatic rings. The first kappa shape index (κ1) is 21.6. The molecule has 1 unspecified atom stereocenters. The third-order valence-electron chi connectivity index (χ3n) is 7.03. The Morgan fingerprint density at radius 2 is 1.76 bits per heavy atom. The SMILES string of the molecule is O=C1CCC(N2Cc3c(cc(F)cc3C3CCN(Cc4ccc(O)cc4)CC3)C2=O)C(=O)N1. The minimum absolute atomic E-state index is 0.139. The fraction of sp³-hybridized carbons (Fsp3) is 0.400. The van der Waals surface area contributed by atoms with Crippen molar-refractivity contribution < 1.29 is 23.9 Å². The zero-order valence-corrected chi connectivity index (χ0v) is 18.2. The highest BCUT2D eigenvalue weighted by molar-refractivity contribution is 6.05. The van der Waals surface area contributed by atoms with Gasteiger partial charge in [-0.2, -0.15) is 0 Å². The fourth-order valence-corrected chi connectivity index (χ4v) is 5.28. The highest BCUT2D eigenvalue weighted by Gasteiger charge is 2.41. The number of nitrogens with one attached hydrogen (secondary N) is 1. The summed E-state index contributed by atoms with van der Waals surface area (Å²) in [6.07, 6.45) is 2.18. The van der Waals surface area contributed by atoms with E-state index >= 15 is 0 Å². The molecule has 0 bridgehead atoms. The second-order valence-corrected chi connectivity index (χ2v) is 9.14. The maximum Gasteiger partial charge on any atom is 0.255 e. The quantitative estimate of drug-likeness (QED) is 0.698. The van der Waals surface area contributed by atoms with Crippen LogP contribution < -0.4 is 5.32 Å². The van der Waals surface area contributed by atoms with Gasteiger partial charge in [0.1, 0.15) is 17.6 Å². The van der Waals surface area contributed by atoms with Crippen molar-refractivity contribution in [1.82, 2.24) is 15.1 Å². The summed E-state index contributed by atoms with van der Waals surface area (Å²) in [5.74, 6) is -1.18. The average Bonchev–Trinajstić information content (AvgIpc) is 3.11. The van der Waals surface area contributed by atoms with Crippen molar-refractivity contribution >= 4 is 17.7 Å². The number of nitrogens with zero attached hydrogens (tertiary/aromatic N) is 2. The van der Waals surface area contributed by atoms with Crippen LogP contribution in [-0.2, 0) is 22.7 Å². The average molecular weight is 451 g/mol. The molecule has 7 nitrogen and oxygen atoms in total. The summed E-state index contributed by atoms with van der Waals surface area (Å²) in [6.45, 7) is 2.75. The van der Waals surface area contributed by atoms with Gasteiger partial charge in [-0.05, 0) is 79.2 Å². The summed E-state index contributed by atoms with van der Waals surface area (Å²) in [4.78, 5) is 40.7. The van der Waals surface area contributed by atoms with Gasteiger partial charge in [0, 0.05) is 25.1 Å². The van der Waals surface area contributed by atoms with Crippen LogP contribution in [-0.4, -0.2) is 51.8 Å². The Bertz CT molecular complexity index is 1110. The number of imide groups is 1. The Morgan fingerprint density at radius 1 is 1.03 bits per heavy atom. The first-order chi connectivity index (χ1) is 15.9. The zero-order chi connectivity index (χ0) is 23.1. The Labute approximate surface area is 191 Å². The molecule has 3 heterocycles. The van der Waals surface area contributed by atoms with E-state index in [4.69, 9.17) is 0 Å². The van der Waals surface area contributed by atoms with Crippen molar-refractivity contribution in [3.63, 3.8) is 0 Å². The van der Waals surface area contributed by atoms with Crippen molar-refractivity contribution in [1.29, 1.82) is 0 Å². The van der Waals surface area contributed by atoms with Crippen molar-refractivity contribution in [2.75, 3.05) is 13.1 Å². The molecule has 8 heteroatoms. The number of fused-ring (bicyclic) bond motifs is 1. The van der Waals surface area contributed by atoms with Crippen LogP contribution in [0.15, 0.2) is 36.4 Å². The van der Waals surface area contributed by atoms with Gasteiger partial charge < -0.3 is 10.0 Å². The molecule has 33 heavy (non-hydrogen) atoms. The molecule has 3 aliphatic heterocycles. The zero-order valence-electron chi connectivity index (χ0n) is 18.2. The monoisotopic (exact) mass is 451 g/mol. The number of piperidine rings is 2. The van der Waals surface area contributed by atoms with E-state index in [0.717, 1.165) is 49.2 Å². The van der Waals surface area contributed by atoms with E-state index in [9.17, 15) is 23.9 Å². The predicted octanol–water partition coefficient (Wildman–Crippen LogP) is 2.67. The first-order valence-electron chi connectivity index (χ1n) is 11.4. The Morgan fingerprint density at radius 3 is 2.45 bits per heavy atom. The number of halogens is 1. The van der Waals surface area contributed by atoms with Crippen molar-refractivity contribution in [2.24, 2.45) is 0 Å².